The smallest absolute Gasteiger partial charge is 0.249 e. The standard InChI is InChI=1S/C18H23N3O3/c1-20-11-15(10-19-20)17-7-4-8-21(17)18(22)13-24-12-14-5-3-6-16(9-14)23-2/h3,5-6,9-11,17H,4,7-8,12-13H2,1-2H3/t17-/m1/s1. The Bertz CT molecular complexity index is 698. The number of carbonyl (C=O) groups excluding carboxylic acids is 1. The second-order valence-electron chi connectivity index (χ2n) is 6.04. The summed E-state index contributed by atoms with van der Waals surface area (Å²) in [5, 5.41) is 4.21. The van der Waals surface area contributed by atoms with Gasteiger partial charge in [-0.25, -0.2) is 0 Å². The van der Waals surface area contributed by atoms with E-state index in [4.69, 9.17) is 9.47 Å². The molecule has 0 spiro atoms. The SMILES string of the molecule is COc1cccc(COCC(=O)N2CCC[C@@H]2c2cnn(C)c2)c1. The lowest BCUT2D eigenvalue weighted by Crippen LogP contribution is -2.33. The Morgan fingerprint density at radius 2 is 2.29 bits per heavy atom. The normalized spacial score (nSPS) is 17.2. The average molecular weight is 329 g/mol. The molecule has 1 aromatic carbocycles. The van der Waals surface area contributed by atoms with Gasteiger partial charge in [-0.15, -0.1) is 0 Å². The molecule has 0 N–H and O–H groups in total. The predicted molar refractivity (Wildman–Crippen MR) is 89.5 cm³/mol. The lowest BCUT2D eigenvalue weighted by Gasteiger charge is -2.23. The fourth-order valence-electron chi connectivity index (χ4n) is 3.13. The molecule has 1 aliphatic rings. The van der Waals surface area contributed by atoms with Crippen LogP contribution in [0.1, 0.15) is 30.0 Å². The van der Waals surface area contributed by atoms with Gasteiger partial charge in [0.1, 0.15) is 12.4 Å². The lowest BCUT2D eigenvalue weighted by atomic mass is 10.1. The molecule has 0 saturated carbocycles. The van der Waals surface area contributed by atoms with E-state index >= 15 is 0 Å². The van der Waals surface area contributed by atoms with E-state index in [0.717, 1.165) is 36.3 Å². The topological polar surface area (TPSA) is 56.6 Å². The number of amides is 1. The monoisotopic (exact) mass is 329 g/mol. The summed E-state index contributed by atoms with van der Waals surface area (Å²) in [6, 6.07) is 7.79. The van der Waals surface area contributed by atoms with E-state index in [-0.39, 0.29) is 18.6 Å². The third-order valence-corrected chi connectivity index (χ3v) is 4.31. The van der Waals surface area contributed by atoms with Crippen molar-refractivity contribution < 1.29 is 14.3 Å². The van der Waals surface area contributed by atoms with Crippen molar-refractivity contribution in [2.45, 2.75) is 25.5 Å². The Hall–Kier alpha value is -2.34. The zero-order valence-electron chi connectivity index (χ0n) is 14.1. The van der Waals surface area contributed by atoms with Crippen LogP contribution in [0.5, 0.6) is 5.75 Å². The molecule has 6 heteroatoms. The molecule has 2 heterocycles. The van der Waals surface area contributed by atoms with Crippen molar-refractivity contribution in [3.8, 4) is 5.75 Å². The number of hydrogen-bond acceptors (Lipinski definition) is 4. The van der Waals surface area contributed by atoms with Gasteiger partial charge in [-0.1, -0.05) is 12.1 Å². The number of aryl methyl sites for hydroxylation is 1. The summed E-state index contributed by atoms with van der Waals surface area (Å²) in [5.74, 6) is 0.822. The van der Waals surface area contributed by atoms with Crippen LogP contribution < -0.4 is 4.74 Å². The highest BCUT2D eigenvalue weighted by atomic mass is 16.5. The summed E-state index contributed by atoms with van der Waals surface area (Å²) < 4.78 is 12.6. The van der Waals surface area contributed by atoms with E-state index < -0.39 is 0 Å². The van der Waals surface area contributed by atoms with Crippen LogP contribution in [-0.2, 0) is 23.2 Å². The number of likely N-dealkylation sites (tertiary alicyclic amines) is 1. The Labute approximate surface area is 142 Å². The zero-order chi connectivity index (χ0) is 16.9. The predicted octanol–water partition coefficient (Wildman–Crippen LogP) is 2.31. The summed E-state index contributed by atoms with van der Waals surface area (Å²) in [7, 11) is 3.53. The zero-order valence-corrected chi connectivity index (χ0v) is 14.1. The van der Waals surface area contributed by atoms with E-state index in [2.05, 4.69) is 5.10 Å². The van der Waals surface area contributed by atoms with Crippen LogP contribution in [0.4, 0.5) is 0 Å². The molecule has 1 atom stereocenters. The van der Waals surface area contributed by atoms with Crippen LogP contribution in [0.3, 0.4) is 0 Å². The summed E-state index contributed by atoms with van der Waals surface area (Å²) in [6.07, 6.45) is 5.81. The number of rotatable bonds is 6. The number of benzene rings is 1. The Balaban J connectivity index is 1.54. The lowest BCUT2D eigenvalue weighted by molar-refractivity contribution is -0.137. The van der Waals surface area contributed by atoms with Crippen LogP contribution in [0.15, 0.2) is 36.7 Å². The minimum absolute atomic E-state index is 0.0317. The maximum absolute atomic E-state index is 12.5. The summed E-state index contributed by atoms with van der Waals surface area (Å²) in [4.78, 5) is 14.4. The molecule has 0 bridgehead atoms. The molecule has 0 radical (unpaired) electrons. The van der Waals surface area contributed by atoms with Gasteiger partial charge >= 0.3 is 0 Å². The molecule has 1 aliphatic heterocycles. The summed E-state index contributed by atoms with van der Waals surface area (Å²) in [5.41, 5.74) is 2.09. The van der Waals surface area contributed by atoms with Gasteiger partial charge in [-0.05, 0) is 30.5 Å². The molecule has 1 fully saturated rings. The van der Waals surface area contributed by atoms with Gasteiger partial charge < -0.3 is 14.4 Å². The van der Waals surface area contributed by atoms with E-state index in [9.17, 15) is 4.79 Å². The maximum Gasteiger partial charge on any atom is 0.249 e. The van der Waals surface area contributed by atoms with Crippen LogP contribution >= 0.6 is 0 Å². The van der Waals surface area contributed by atoms with Crippen molar-refractivity contribution in [1.82, 2.24) is 14.7 Å². The van der Waals surface area contributed by atoms with Gasteiger partial charge in [0.05, 0.1) is 26.0 Å². The van der Waals surface area contributed by atoms with Gasteiger partial charge in [-0.3, -0.25) is 9.48 Å². The number of aromatic nitrogens is 2. The Morgan fingerprint density at radius 3 is 3.04 bits per heavy atom. The first-order valence-corrected chi connectivity index (χ1v) is 8.16. The second kappa shape index (κ2) is 7.49. The Kier molecular flexibility index (Phi) is 5.15. The fraction of sp³-hybridized carbons (Fsp3) is 0.444. The molecule has 128 valence electrons. The van der Waals surface area contributed by atoms with E-state index in [1.807, 2.05) is 48.6 Å². The number of carbonyl (C=O) groups is 1. The number of hydrogen-bond donors (Lipinski definition) is 0. The minimum atomic E-state index is 0.0317. The van der Waals surface area contributed by atoms with E-state index in [0.29, 0.717) is 6.61 Å². The third kappa shape index (κ3) is 3.76. The number of methoxy groups -OCH3 is 1. The van der Waals surface area contributed by atoms with Crippen LogP contribution in [0.2, 0.25) is 0 Å². The fourth-order valence-corrected chi connectivity index (χ4v) is 3.13. The number of ether oxygens (including phenoxy) is 2. The van der Waals surface area contributed by atoms with Crippen molar-refractivity contribution in [2.24, 2.45) is 7.05 Å². The molecule has 3 rings (SSSR count). The largest absolute Gasteiger partial charge is 0.497 e. The number of nitrogens with zero attached hydrogens (tertiary/aromatic N) is 3. The molecular formula is C18H23N3O3. The highest BCUT2D eigenvalue weighted by molar-refractivity contribution is 5.78. The van der Waals surface area contributed by atoms with Crippen molar-refractivity contribution in [3.05, 3.63) is 47.8 Å². The first-order chi connectivity index (χ1) is 11.7. The molecule has 2 aromatic rings. The van der Waals surface area contributed by atoms with Gasteiger partial charge in [0, 0.05) is 25.4 Å². The van der Waals surface area contributed by atoms with Gasteiger partial charge in [0.25, 0.3) is 0 Å². The maximum atomic E-state index is 12.5. The summed E-state index contributed by atoms with van der Waals surface area (Å²) >= 11 is 0. The van der Waals surface area contributed by atoms with Gasteiger partial charge in [0.15, 0.2) is 0 Å². The highest BCUT2D eigenvalue weighted by Crippen LogP contribution is 2.31. The van der Waals surface area contributed by atoms with E-state index in [1.54, 1.807) is 11.8 Å². The van der Waals surface area contributed by atoms with E-state index in [1.165, 1.54) is 0 Å². The van der Waals surface area contributed by atoms with Crippen molar-refractivity contribution in [1.29, 1.82) is 0 Å². The molecular weight excluding hydrogens is 306 g/mol. The third-order valence-electron chi connectivity index (χ3n) is 4.31. The van der Waals surface area contributed by atoms with Crippen molar-refractivity contribution in [2.75, 3.05) is 20.3 Å². The molecule has 1 amide bonds. The van der Waals surface area contributed by atoms with Crippen LogP contribution in [0, 0.1) is 0 Å². The molecule has 0 aliphatic carbocycles. The molecule has 0 unspecified atom stereocenters. The minimum Gasteiger partial charge on any atom is -0.497 e. The first-order valence-electron chi connectivity index (χ1n) is 8.16. The van der Waals surface area contributed by atoms with Crippen molar-refractivity contribution >= 4 is 5.91 Å². The van der Waals surface area contributed by atoms with Crippen LogP contribution in [0.25, 0.3) is 0 Å². The average Bonchev–Trinajstić information content (AvgIpc) is 3.23. The van der Waals surface area contributed by atoms with Gasteiger partial charge in [0.2, 0.25) is 5.91 Å². The Morgan fingerprint density at radius 1 is 1.42 bits per heavy atom. The highest BCUT2D eigenvalue weighted by Gasteiger charge is 2.30. The molecule has 6 nitrogen and oxygen atoms in total. The van der Waals surface area contributed by atoms with Crippen LogP contribution in [-0.4, -0.2) is 40.8 Å². The molecule has 1 aromatic heterocycles. The summed E-state index contributed by atoms with van der Waals surface area (Å²) in [6.45, 7) is 1.27. The molecule has 1 saturated heterocycles. The quantitative estimate of drug-likeness (QED) is 0.816. The molecule has 24 heavy (non-hydrogen) atoms. The second-order valence-corrected chi connectivity index (χ2v) is 6.04. The first kappa shape index (κ1) is 16.5. The van der Waals surface area contributed by atoms with Crippen molar-refractivity contribution in [3.63, 3.8) is 0 Å². The van der Waals surface area contributed by atoms with Gasteiger partial charge in [-0.2, -0.15) is 5.10 Å².